The van der Waals surface area contributed by atoms with Gasteiger partial charge in [-0.05, 0) is 54.0 Å². The SMILES string of the molecule is Cn1c(N2CCC3(CC2)Cc2ccc(C(F)(F)F)cc2[C@H]3N)ncc(Sc2ccnc(N)c2Cl)c1=O. The first-order chi connectivity index (χ1) is 17.0. The van der Waals surface area contributed by atoms with Crippen molar-refractivity contribution in [1.82, 2.24) is 14.5 Å². The molecule has 1 spiro atoms. The second-order valence-corrected chi connectivity index (χ2v) is 10.8. The lowest BCUT2D eigenvalue weighted by atomic mass is 9.73. The molecule has 1 fully saturated rings. The van der Waals surface area contributed by atoms with Crippen LogP contribution in [-0.2, 0) is 19.6 Å². The van der Waals surface area contributed by atoms with Crippen molar-refractivity contribution < 1.29 is 13.2 Å². The number of nitrogen functional groups attached to an aromatic ring is 1. The Labute approximate surface area is 214 Å². The maximum atomic E-state index is 13.2. The van der Waals surface area contributed by atoms with Crippen molar-refractivity contribution in [1.29, 1.82) is 0 Å². The van der Waals surface area contributed by atoms with Crippen LogP contribution in [0.1, 0.15) is 35.6 Å². The number of benzene rings is 1. The minimum Gasteiger partial charge on any atom is -0.382 e. The number of fused-ring (bicyclic) bond motifs is 1. The van der Waals surface area contributed by atoms with Gasteiger partial charge < -0.3 is 16.4 Å². The van der Waals surface area contributed by atoms with Crippen LogP contribution in [0.3, 0.4) is 0 Å². The van der Waals surface area contributed by atoms with Gasteiger partial charge in [0.15, 0.2) is 0 Å². The van der Waals surface area contributed by atoms with E-state index in [-0.39, 0.29) is 21.8 Å². The van der Waals surface area contributed by atoms with Gasteiger partial charge in [0.25, 0.3) is 5.56 Å². The second-order valence-electron chi connectivity index (χ2n) is 9.31. The highest BCUT2D eigenvalue weighted by Crippen LogP contribution is 2.51. The standard InChI is InChI=1S/C24H24ClF3N6OS/c1-33-21(35)17(36-16-4-7-31-20(30)18(16)25)12-32-22(33)34-8-5-23(6-9-34)11-13-2-3-14(24(26,27)28)10-15(13)19(23)29/h2-4,7,10,12,19H,5-6,8-9,11,29H2,1H3,(H2,30,31)/t19-/m1/s1. The number of alkyl halides is 3. The molecule has 7 nitrogen and oxygen atoms in total. The predicted octanol–water partition coefficient (Wildman–Crippen LogP) is 4.42. The van der Waals surface area contributed by atoms with E-state index < -0.39 is 17.8 Å². The Balaban J connectivity index is 1.33. The monoisotopic (exact) mass is 536 g/mol. The molecule has 1 atom stereocenters. The molecule has 0 unspecified atom stereocenters. The molecule has 1 aliphatic carbocycles. The molecule has 0 saturated carbocycles. The molecular weight excluding hydrogens is 513 g/mol. The first-order valence-corrected chi connectivity index (χ1v) is 12.5. The summed E-state index contributed by atoms with van der Waals surface area (Å²) in [5.41, 5.74) is 12.6. The topological polar surface area (TPSA) is 103 Å². The smallest absolute Gasteiger partial charge is 0.382 e. The number of rotatable bonds is 3. The van der Waals surface area contributed by atoms with Crippen molar-refractivity contribution in [3.8, 4) is 0 Å². The van der Waals surface area contributed by atoms with Gasteiger partial charge in [0.05, 0.1) is 21.7 Å². The van der Waals surface area contributed by atoms with Crippen molar-refractivity contribution >= 4 is 35.1 Å². The van der Waals surface area contributed by atoms with Crippen molar-refractivity contribution in [2.75, 3.05) is 23.7 Å². The Kier molecular flexibility index (Phi) is 6.20. The summed E-state index contributed by atoms with van der Waals surface area (Å²) in [5, 5.41) is 0.284. The minimum atomic E-state index is -4.40. The summed E-state index contributed by atoms with van der Waals surface area (Å²) in [5.74, 6) is 0.718. The molecule has 36 heavy (non-hydrogen) atoms. The number of hydrogen-bond donors (Lipinski definition) is 2. The summed E-state index contributed by atoms with van der Waals surface area (Å²) in [4.78, 5) is 24.6. The lowest BCUT2D eigenvalue weighted by Gasteiger charge is -2.42. The van der Waals surface area contributed by atoms with Gasteiger partial charge >= 0.3 is 6.18 Å². The highest BCUT2D eigenvalue weighted by atomic mass is 35.5. The third-order valence-corrected chi connectivity index (χ3v) is 8.84. The van der Waals surface area contributed by atoms with Gasteiger partial charge in [-0.2, -0.15) is 13.2 Å². The molecule has 12 heteroatoms. The number of piperidine rings is 1. The highest BCUT2D eigenvalue weighted by molar-refractivity contribution is 7.99. The van der Waals surface area contributed by atoms with Crippen molar-refractivity contribution in [3.05, 3.63) is 68.7 Å². The highest BCUT2D eigenvalue weighted by Gasteiger charge is 2.47. The predicted molar refractivity (Wildman–Crippen MR) is 133 cm³/mol. The molecule has 0 bridgehead atoms. The Hall–Kier alpha value is -2.76. The number of pyridine rings is 1. The third kappa shape index (κ3) is 4.22. The molecule has 0 radical (unpaired) electrons. The molecule has 2 aromatic heterocycles. The van der Waals surface area contributed by atoms with Gasteiger partial charge in [-0.1, -0.05) is 29.4 Å². The number of hydrogen-bond acceptors (Lipinski definition) is 7. The number of anilines is 2. The Morgan fingerprint density at radius 2 is 1.89 bits per heavy atom. The van der Waals surface area contributed by atoms with E-state index >= 15 is 0 Å². The van der Waals surface area contributed by atoms with E-state index in [9.17, 15) is 18.0 Å². The number of aromatic nitrogens is 3. The van der Waals surface area contributed by atoms with E-state index in [1.54, 1.807) is 19.2 Å². The van der Waals surface area contributed by atoms with E-state index in [0.29, 0.717) is 53.7 Å². The molecule has 190 valence electrons. The van der Waals surface area contributed by atoms with Crippen LogP contribution in [0.25, 0.3) is 0 Å². The zero-order valence-corrected chi connectivity index (χ0v) is 20.9. The van der Waals surface area contributed by atoms with E-state index in [4.69, 9.17) is 23.1 Å². The summed E-state index contributed by atoms with van der Waals surface area (Å²) in [6.07, 6.45) is 0.660. The molecule has 3 aromatic rings. The summed E-state index contributed by atoms with van der Waals surface area (Å²) in [6.45, 7) is 1.18. The summed E-state index contributed by atoms with van der Waals surface area (Å²) >= 11 is 7.38. The van der Waals surface area contributed by atoms with Gasteiger partial charge in [0.1, 0.15) is 5.82 Å². The van der Waals surface area contributed by atoms with Crippen LogP contribution >= 0.6 is 23.4 Å². The normalized spacial score (nSPS) is 19.1. The van der Waals surface area contributed by atoms with E-state index in [1.807, 2.05) is 4.90 Å². The molecule has 2 aliphatic rings. The lowest BCUT2D eigenvalue weighted by molar-refractivity contribution is -0.137. The molecule has 5 rings (SSSR count). The van der Waals surface area contributed by atoms with Crippen LogP contribution in [0.2, 0.25) is 5.02 Å². The average Bonchev–Trinajstić information content (AvgIpc) is 3.11. The van der Waals surface area contributed by atoms with Crippen molar-refractivity contribution in [2.24, 2.45) is 18.2 Å². The van der Waals surface area contributed by atoms with Gasteiger partial charge in [-0.3, -0.25) is 9.36 Å². The molecule has 1 aromatic carbocycles. The fraction of sp³-hybridized carbons (Fsp3) is 0.375. The van der Waals surface area contributed by atoms with E-state index in [2.05, 4.69) is 9.97 Å². The van der Waals surface area contributed by atoms with Crippen LogP contribution in [0, 0.1) is 5.41 Å². The van der Waals surface area contributed by atoms with Crippen LogP contribution in [0.4, 0.5) is 24.9 Å². The molecule has 1 saturated heterocycles. The van der Waals surface area contributed by atoms with Crippen LogP contribution in [0.5, 0.6) is 0 Å². The fourth-order valence-corrected chi connectivity index (χ4v) is 6.31. The van der Waals surface area contributed by atoms with Crippen LogP contribution in [-0.4, -0.2) is 27.6 Å². The quantitative estimate of drug-likeness (QED) is 0.510. The largest absolute Gasteiger partial charge is 0.416 e. The Morgan fingerprint density at radius 1 is 1.17 bits per heavy atom. The zero-order chi connectivity index (χ0) is 25.8. The summed E-state index contributed by atoms with van der Waals surface area (Å²) < 4.78 is 41.1. The number of halogens is 4. The minimum absolute atomic E-state index is 0.187. The average molecular weight is 537 g/mol. The fourth-order valence-electron chi connectivity index (χ4n) is 5.20. The van der Waals surface area contributed by atoms with Crippen molar-refractivity contribution in [2.45, 2.75) is 41.3 Å². The maximum absolute atomic E-state index is 13.2. The zero-order valence-electron chi connectivity index (χ0n) is 19.3. The van der Waals surface area contributed by atoms with Crippen molar-refractivity contribution in [3.63, 3.8) is 0 Å². The summed E-state index contributed by atoms with van der Waals surface area (Å²) in [7, 11) is 1.66. The summed E-state index contributed by atoms with van der Waals surface area (Å²) in [6, 6.07) is 5.10. The van der Waals surface area contributed by atoms with Gasteiger partial charge in [-0.25, -0.2) is 9.97 Å². The molecule has 1 aliphatic heterocycles. The molecular formula is C24H24ClF3N6OS. The van der Waals surface area contributed by atoms with E-state index in [1.165, 1.54) is 34.8 Å². The molecule has 4 N–H and O–H groups in total. The number of nitrogens with zero attached hydrogens (tertiary/aromatic N) is 4. The van der Waals surface area contributed by atoms with Gasteiger partial charge in [-0.15, -0.1) is 0 Å². The lowest BCUT2D eigenvalue weighted by Crippen LogP contribution is -2.46. The van der Waals surface area contributed by atoms with E-state index in [0.717, 1.165) is 11.6 Å². The molecule has 0 amide bonds. The second kappa shape index (κ2) is 8.97. The third-order valence-electron chi connectivity index (χ3n) is 7.27. The maximum Gasteiger partial charge on any atom is 0.416 e. The molecule has 3 heterocycles. The van der Waals surface area contributed by atoms with Crippen LogP contribution < -0.4 is 21.9 Å². The van der Waals surface area contributed by atoms with Gasteiger partial charge in [0.2, 0.25) is 5.95 Å². The van der Waals surface area contributed by atoms with Gasteiger partial charge in [0, 0.05) is 37.3 Å². The Bertz CT molecular complexity index is 1390. The van der Waals surface area contributed by atoms with Crippen LogP contribution in [0.15, 0.2) is 51.2 Å². The first kappa shape index (κ1) is 24.9. The first-order valence-electron chi connectivity index (χ1n) is 11.3. The number of nitrogens with two attached hydrogens (primary N) is 2. The Morgan fingerprint density at radius 3 is 2.58 bits per heavy atom.